The van der Waals surface area contributed by atoms with Gasteiger partial charge in [-0.05, 0) is 12.1 Å². The number of amides is 1. The van der Waals surface area contributed by atoms with Crippen molar-refractivity contribution in [1.82, 2.24) is 5.32 Å². The Morgan fingerprint density at radius 3 is 2.59 bits per heavy atom. The summed E-state index contributed by atoms with van der Waals surface area (Å²) in [5.74, 6) is 0.479. The molecule has 1 amide bonds. The summed E-state index contributed by atoms with van der Waals surface area (Å²) in [4.78, 5) is 11.7. The molecule has 1 rings (SSSR count). The third kappa shape index (κ3) is 3.65. The fourth-order valence-corrected chi connectivity index (χ4v) is 1.27. The summed E-state index contributed by atoms with van der Waals surface area (Å²) in [5.41, 5.74) is 0.300. The third-order valence-corrected chi connectivity index (χ3v) is 2.10. The molecule has 17 heavy (non-hydrogen) atoms. The maximum atomic E-state index is 11.7. The molecular formula is C10H14BNO5. The lowest BCUT2D eigenvalue weighted by Crippen LogP contribution is -2.35. The van der Waals surface area contributed by atoms with Crippen LogP contribution >= 0.6 is 0 Å². The topological polar surface area (TPSA) is 88.0 Å². The van der Waals surface area contributed by atoms with Crippen LogP contribution in [0, 0.1) is 0 Å². The molecule has 0 heterocycles. The lowest BCUT2D eigenvalue weighted by molar-refractivity contribution is 0.0953. The van der Waals surface area contributed by atoms with Gasteiger partial charge in [-0.25, -0.2) is 0 Å². The van der Waals surface area contributed by atoms with Crippen molar-refractivity contribution in [3.05, 3.63) is 23.8 Å². The minimum absolute atomic E-state index is 0.242. The average Bonchev–Trinajstić information content (AvgIpc) is 2.34. The molecule has 0 aliphatic carbocycles. The molecule has 1 aromatic carbocycles. The standard InChI is InChI=1S/C10H14BNO5/c1-16-7-3-4-8(9(5-7)17-2)10(13)12-6-11(14)15/h3-5,14-15H,6H2,1-2H3,(H,12,13). The number of carbonyl (C=O) groups excluding carboxylic acids is 1. The van der Waals surface area contributed by atoms with Crippen LogP contribution in [0.1, 0.15) is 10.4 Å². The van der Waals surface area contributed by atoms with Crippen molar-refractivity contribution >= 4 is 13.0 Å². The van der Waals surface area contributed by atoms with Crippen molar-refractivity contribution in [3.8, 4) is 11.5 Å². The zero-order chi connectivity index (χ0) is 12.8. The Hall–Kier alpha value is -1.73. The Balaban J connectivity index is 2.85. The molecule has 0 aliphatic rings. The van der Waals surface area contributed by atoms with E-state index in [0.717, 1.165) is 0 Å². The second kappa shape index (κ2) is 6.12. The fourth-order valence-electron chi connectivity index (χ4n) is 1.27. The van der Waals surface area contributed by atoms with Crippen molar-refractivity contribution < 1.29 is 24.3 Å². The monoisotopic (exact) mass is 239 g/mol. The molecule has 7 heteroatoms. The number of benzene rings is 1. The van der Waals surface area contributed by atoms with Gasteiger partial charge in [0.25, 0.3) is 5.91 Å². The predicted octanol–water partition coefficient (Wildman–Crippen LogP) is -0.554. The van der Waals surface area contributed by atoms with E-state index >= 15 is 0 Å². The first-order valence-electron chi connectivity index (χ1n) is 4.95. The first-order chi connectivity index (χ1) is 8.08. The van der Waals surface area contributed by atoms with Crippen LogP contribution in [-0.4, -0.2) is 43.7 Å². The van der Waals surface area contributed by atoms with E-state index in [1.54, 1.807) is 12.1 Å². The van der Waals surface area contributed by atoms with Gasteiger partial charge >= 0.3 is 7.12 Å². The molecule has 0 aromatic heterocycles. The van der Waals surface area contributed by atoms with Gasteiger partial charge in [0.2, 0.25) is 0 Å². The molecule has 0 spiro atoms. The zero-order valence-electron chi connectivity index (χ0n) is 9.64. The summed E-state index contributed by atoms with van der Waals surface area (Å²) in [6.07, 6.45) is -0.242. The Labute approximate surface area is 99.3 Å². The van der Waals surface area contributed by atoms with Gasteiger partial charge < -0.3 is 24.8 Å². The van der Waals surface area contributed by atoms with Crippen LogP contribution < -0.4 is 14.8 Å². The number of nitrogens with one attached hydrogen (secondary N) is 1. The van der Waals surface area contributed by atoms with Crippen LogP contribution in [0.4, 0.5) is 0 Å². The first kappa shape index (κ1) is 13.3. The quantitative estimate of drug-likeness (QED) is 0.600. The Morgan fingerprint density at radius 1 is 1.35 bits per heavy atom. The van der Waals surface area contributed by atoms with Gasteiger partial charge in [0.1, 0.15) is 11.5 Å². The van der Waals surface area contributed by atoms with Crippen LogP contribution in [0.15, 0.2) is 18.2 Å². The molecule has 92 valence electrons. The van der Waals surface area contributed by atoms with Gasteiger partial charge in [-0.1, -0.05) is 0 Å². The van der Waals surface area contributed by atoms with E-state index in [2.05, 4.69) is 5.32 Å². The number of methoxy groups -OCH3 is 2. The van der Waals surface area contributed by atoms with Crippen LogP contribution in [0.25, 0.3) is 0 Å². The smallest absolute Gasteiger partial charge is 0.472 e. The molecular weight excluding hydrogens is 225 g/mol. The van der Waals surface area contributed by atoms with Crippen molar-refractivity contribution in [3.63, 3.8) is 0 Å². The van der Waals surface area contributed by atoms with Crippen LogP contribution in [0.3, 0.4) is 0 Å². The molecule has 3 N–H and O–H groups in total. The molecule has 6 nitrogen and oxygen atoms in total. The van der Waals surface area contributed by atoms with E-state index in [1.807, 2.05) is 0 Å². The van der Waals surface area contributed by atoms with Gasteiger partial charge in [-0.3, -0.25) is 4.79 Å². The van der Waals surface area contributed by atoms with Crippen molar-refractivity contribution in [2.24, 2.45) is 0 Å². The molecule has 0 aliphatic heterocycles. The van der Waals surface area contributed by atoms with E-state index in [0.29, 0.717) is 17.1 Å². The predicted molar refractivity (Wildman–Crippen MR) is 62.1 cm³/mol. The molecule has 0 saturated heterocycles. The van der Waals surface area contributed by atoms with Crippen LogP contribution in [0.5, 0.6) is 11.5 Å². The first-order valence-corrected chi connectivity index (χ1v) is 4.95. The van der Waals surface area contributed by atoms with Gasteiger partial charge in [0.15, 0.2) is 0 Å². The second-order valence-electron chi connectivity index (χ2n) is 3.26. The van der Waals surface area contributed by atoms with Gasteiger partial charge in [0, 0.05) is 6.07 Å². The molecule has 0 saturated carbocycles. The molecule has 0 radical (unpaired) electrons. The molecule has 1 aromatic rings. The molecule has 0 unspecified atom stereocenters. The number of carbonyl (C=O) groups is 1. The van der Waals surface area contributed by atoms with Crippen molar-refractivity contribution in [1.29, 1.82) is 0 Å². The molecule has 0 fully saturated rings. The Kier molecular flexibility index (Phi) is 4.80. The normalized spacial score (nSPS) is 9.65. The number of hydrogen-bond acceptors (Lipinski definition) is 5. The van der Waals surface area contributed by atoms with Crippen LogP contribution in [0.2, 0.25) is 0 Å². The lowest BCUT2D eigenvalue weighted by Gasteiger charge is -2.10. The second-order valence-corrected chi connectivity index (χ2v) is 3.26. The van der Waals surface area contributed by atoms with Gasteiger partial charge in [-0.2, -0.15) is 0 Å². The van der Waals surface area contributed by atoms with E-state index in [1.165, 1.54) is 20.3 Å². The maximum Gasteiger partial charge on any atom is 0.472 e. The summed E-state index contributed by atoms with van der Waals surface area (Å²) in [6.45, 7) is 0. The van der Waals surface area contributed by atoms with E-state index in [-0.39, 0.29) is 6.44 Å². The van der Waals surface area contributed by atoms with E-state index < -0.39 is 13.0 Å². The van der Waals surface area contributed by atoms with Crippen molar-refractivity contribution in [2.75, 3.05) is 20.7 Å². The summed E-state index contributed by atoms with van der Waals surface area (Å²) >= 11 is 0. The summed E-state index contributed by atoms with van der Waals surface area (Å²) in [6, 6.07) is 4.73. The Bertz CT molecular complexity index is 396. The highest BCUT2D eigenvalue weighted by atomic mass is 16.5. The minimum atomic E-state index is -1.58. The summed E-state index contributed by atoms with van der Waals surface area (Å²) < 4.78 is 10.0. The molecule has 0 bridgehead atoms. The molecule has 0 atom stereocenters. The van der Waals surface area contributed by atoms with Crippen LogP contribution in [-0.2, 0) is 0 Å². The maximum absolute atomic E-state index is 11.7. The number of hydrogen-bond donors (Lipinski definition) is 3. The SMILES string of the molecule is COc1ccc(C(=O)NCB(O)O)c(OC)c1. The minimum Gasteiger partial charge on any atom is -0.497 e. The van der Waals surface area contributed by atoms with E-state index in [9.17, 15) is 4.79 Å². The highest BCUT2D eigenvalue weighted by Gasteiger charge is 2.15. The lowest BCUT2D eigenvalue weighted by atomic mass is 9.92. The highest BCUT2D eigenvalue weighted by Crippen LogP contribution is 2.24. The van der Waals surface area contributed by atoms with E-state index in [4.69, 9.17) is 19.5 Å². The summed E-state index contributed by atoms with van der Waals surface area (Å²) in [7, 11) is 1.37. The van der Waals surface area contributed by atoms with Gasteiger partial charge in [0.05, 0.1) is 26.2 Å². The largest absolute Gasteiger partial charge is 0.497 e. The number of rotatable bonds is 5. The Morgan fingerprint density at radius 2 is 2.06 bits per heavy atom. The van der Waals surface area contributed by atoms with Gasteiger partial charge in [-0.15, -0.1) is 0 Å². The zero-order valence-corrected chi connectivity index (χ0v) is 9.64. The van der Waals surface area contributed by atoms with Crippen molar-refractivity contribution in [2.45, 2.75) is 0 Å². The highest BCUT2D eigenvalue weighted by molar-refractivity contribution is 6.41. The fraction of sp³-hybridized carbons (Fsp3) is 0.300. The number of ether oxygens (including phenoxy) is 2. The summed E-state index contributed by atoms with van der Waals surface area (Å²) in [5, 5.41) is 19.6. The third-order valence-electron chi connectivity index (χ3n) is 2.10. The average molecular weight is 239 g/mol.